The molecule has 1 heterocycles. The zero-order valence-corrected chi connectivity index (χ0v) is 14.4. The summed E-state index contributed by atoms with van der Waals surface area (Å²) >= 11 is 0. The van der Waals surface area contributed by atoms with Gasteiger partial charge in [0.05, 0.1) is 11.8 Å². The van der Waals surface area contributed by atoms with Gasteiger partial charge in [-0.1, -0.05) is 43.2 Å². The van der Waals surface area contributed by atoms with Crippen LogP contribution in [0, 0.1) is 0 Å². The molecule has 1 saturated carbocycles. The number of amides is 1. The van der Waals surface area contributed by atoms with Crippen LogP contribution in [0.5, 0.6) is 0 Å². The predicted molar refractivity (Wildman–Crippen MR) is 91.6 cm³/mol. The summed E-state index contributed by atoms with van der Waals surface area (Å²) in [6, 6.07) is 10.0. The molecule has 0 spiro atoms. The molecular formula is C19H23F2N3O. The highest BCUT2D eigenvalue weighted by molar-refractivity contribution is 5.95. The molecule has 0 bridgehead atoms. The maximum atomic E-state index is 13.3. The van der Waals surface area contributed by atoms with Gasteiger partial charge in [0, 0.05) is 19.6 Å². The van der Waals surface area contributed by atoms with E-state index in [0.717, 1.165) is 35.9 Å². The second-order valence-corrected chi connectivity index (χ2v) is 6.54. The molecule has 134 valence electrons. The Bertz CT molecular complexity index is 709. The number of benzene rings is 1. The molecule has 0 unspecified atom stereocenters. The van der Waals surface area contributed by atoms with E-state index in [1.54, 1.807) is 4.90 Å². The van der Waals surface area contributed by atoms with Crippen molar-refractivity contribution in [3.8, 4) is 0 Å². The monoisotopic (exact) mass is 347 g/mol. The minimum Gasteiger partial charge on any atom is -0.335 e. The second-order valence-electron chi connectivity index (χ2n) is 6.54. The summed E-state index contributed by atoms with van der Waals surface area (Å²) < 4.78 is 27.8. The third-order valence-electron chi connectivity index (χ3n) is 4.93. The van der Waals surface area contributed by atoms with E-state index in [0.29, 0.717) is 13.0 Å². The lowest BCUT2D eigenvalue weighted by Crippen LogP contribution is -2.40. The lowest BCUT2D eigenvalue weighted by atomic mass is 10.1. The lowest BCUT2D eigenvalue weighted by molar-refractivity contribution is 0.0670. The predicted octanol–water partition coefficient (Wildman–Crippen LogP) is 3.99. The first-order chi connectivity index (χ1) is 12.1. The van der Waals surface area contributed by atoms with Gasteiger partial charge in [-0.3, -0.25) is 9.48 Å². The Balaban J connectivity index is 1.82. The molecule has 1 amide bonds. The molecule has 6 heteroatoms. The first-order valence-electron chi connectivity index (χ1n) is 8.73. The van der Waals surface area contributed by atoms with Crippen molar-refractivity contribution in [2.45, 2.75) is 44.6 Å². The molecule has 1 aliphatic carbocycles. The van der Waals surface area contributed by atoms with E-state index >= 15 is 0 Å². The molecule has 0 aliphatic heterocycles. The number of hydrogen-bond donors (Lipinski definition) is 0. The van der Waals surface area contributed by atoms with Crippen LogP contribution in [0.4, 0.5) is 8.78 Å². The maximum absolute atomic E-state index is 13.3. The van der Waals surface area contributed by atoms with Gasteiger partial charge < -0.3 is 4.90 Å². The fraction of sp³-hybridized carbons (Fsp3) is 0.474. The first kappa shape index (κ1) is 17.6. The number of aryl methyl sites for hydroxylation is 1. The van der Waals surface area contributed by atoms with E-state index in [9.17, 15) is 13.6 Å². The van der Waals surface area contributed by atoms with E-state index in [4.69, 9.17) is 0 Å². The van der Waals surface area contributed by atoms with Crippen LogP contribution in [-0.2, 0) is 13.5 Å². The van der Waals surface area contributed by atoms with Gasteiger partial charge in [0.25, 0.3) is 12.3 Å². The van der Waals surface area contributed by atoms with E-state index in [-0.39, 0.29) is 23.2 Å². The molecule has 0 atom stereocenters. The minimum atomic E-state index is -2.72. The van der Waals surface area contributed by atoms with Crippen LogP contribution in [0.1, 0.15) is 53.7 Å². The molecule has 1 aromatic heterocycles. The van der Waals surface area contributed by atoms with Crippen LogP contribution in [0.15, 0.2) is 36.5 Å². The van der Waals surface area contributed by atoms with Crippen LogP contribution in [0.3, 0.4) is 0 Å². The number of carbonyl (C=O) groups is 1. The Kier molecular flexibility index (Phi) is 5.46. The van der Waals surface area contributed by atoms with Gasteiger partial charge in [-0.05, 0) is 24.8 Å². The van der Waals surface area contributed by atoms with Crippen molar-refractivity contribution < 1.29 is 13.6 Å². The van der Waals surface area contributed by atoms with Crippen LogP contribution < -0.4 is 0 Å². The normalized spacial score (nSPS) is 15.0. The van der Waals surface area contributed by atoms with Crippen LogP contribution in [0.25, 0.3) is 0 Å². The van der Waals surface area contributed by atoms with Crippen molar-refractivity contribution in [3.63, 3.8) is 0 Å². The Labute approximate surface area is 146 Å². The number of carbonyl (C=O) groups excluding carboxylic acids is 1. The third-order valence-corrected chi connectivity index (χ3v) is 4.93. The number of aromatic nitrogens is 2. The van der Waals surface area contributed by atoms with E-state index in [2.05, 4.69) is 5.10 Å². The summed E-state index contributed by atoms with van der Waals surface area (Å²) in [4.78, 5) is 14.8. The Morgan fingerprint density at radius 3 is 2.60 bits per heavy atom. The molecule has 25 heavy (non-hydrogen) atoms. The Morgan fingerprint density at radius 2 is 1.96 bits per heavy atom. The van der Waals surface area contributed by atoms with Crippen molar-refractivity contribution in [1.82, 2.24) is 14.7 Å². The zero-order chi connectivity index (χ0) is 17.8. The van der Waals surface area contributed by atoms with Crippen molar-refractivity contribution in [2.24, 2.45) is 7.05 Å². The van der Waals surface area contributed by atoms with Gasteiger partial charge in [-0.2, -0.15) is 5.10 Å². The van der Waals surface area contributed by atoms with E-state index in [1.165, 1.54) is 13.2 Å². The van der Waals surface area contributed by atoms with Crippen molar-refractivity contribution in [2.75, 3.05) is 6.54 Å². The van der Waals surface area contributed by atoms with Crippen LogP contribution in [0.2, 0.25) is 0 Å². The van der Waals surface area contributed by atoms with Gasteiger partial charge in [-0.15, -0.1) is 0 Å². The van der Waals surface area contributed by atoms with Crippen molar-refractivity contribution >= 4 is 5.91 Å². The average molecular weight is 347 g/mol. The second kappa shape index (κ2) is 7.76. The van der Waals surface area contributed by atoms with Crippen molar-refractivity contribution in [3.05, 3.63) is 53.3 Å². The van der Waals surface area contributed by atoms with Crippen molar-refractivity contribution in [1.29, 1.82) is 0 Å². The molecule has 0 radical (unpaired) electrons. The summed E-state index contributed by atoms with van der Waals surface area (Å²) in [6.07, 6.45) is 3.30. The van der Waals surface area contributed by atoms with Gasteiger partial charge in [0.15, 0.2) is 0 Å². The first-order valence-corrected chi connectivity index (χ1v) is 8.73. The Hall–Kier alpha value is -2.24. The molecule has 1 fully saturated rings. The molecule has 2 aromatic rings. The fourth-order valence-corrected chi connectivity index (χ4v) is 3.59. The van der Waals surface area contributed by atoms with Crippen LogP contribution in [-0.4, -0.2) is 33.2 Å². The molecule has 4 nitrogen and oxygen atoms in total. The van der Waals surface area contributed by atoms with Gasteiger partial charge in [-0.25, -0.2) is 8.78 Å². The fourth-order valence-electron chi connectivity index (χ4n) is 3.59. The molecular weight excluding hydrogens is 324 g/mol. The molecule has 3 rings (SSSR count). The molecule has 0 N–H and O–H groups in total. The number of rotatable bonds is 6. The highest BCUT2D eigenvalue weighted by atomic mass is 19.3. The standard InChI is InChI=1S/C19H23F2N3O/c1-23-17(18(20)21)16(13-22-23)19(25)24(15-9-5-6-10-15)12-11-14-7-3-2-4-8-14/h2-4,7-8,13,15,18H,5-6,9-12H2,1H3. The maximum Gasteiger partial charge on any atom is 0.280 e. The van der Waals surface area contributed by atoms with Gasteiger partial charge in [0.1, 0.15) is 5.69 Å². The quantitative estimate of drug-likeness (QED) is 0.793. The van der Waals surface area contributed by atoms with Gasteiger partial charge >= 0.3 is 0 Å². The Morgan fingerprint density at radius 1 is 1.28 bits per heavy atom. The zero-order valence-electron chi connectivity index (χ0n) is 14.4. The van der Waals surface area contributed by atoms with E-state index in [1.807, 2.05) is 30.3 Å². The smallest absolute Gasteiger partial charge is 0.280 e. The number of hydrogen-bond acceptors (Lipinski definition) is 2. The highest BCUT2D eigenvalue weighted by Crippen LogP contribution is 2.28. The van der Waals surface area contributed by atoms with Crippen LogP contribution >= 0.6 is 0 Å². The largest absolute Gasteiger partial charge is 0.335 e. The van der Waals surface area contributed by atoms with E-state index < -0.39 is 6.43 Å². The highest BCUT2D eigenvalue weighted by Gasteiger charge is 2.31. The summed E-state index contributed by atoms with van der Waals surface area (Å²) in [7, 11) is 1.45. The number of halogens is 2. The van der Waals surface area contributed by atoms with Gasteiger partial charge in [0.2, 0.25) is 0 Å². The summed E-state index contributed by atoms with van der Waals surface area (Å²) in [5.41, 5.74) is 0.865. The SMILES string of the molecule is Cn1ncc(C(=O)N(CCc2ccccc2)C2CCCC2)c1C(F)F. The summed E-state index contributed by atoms with van der Waals surface area (Å²) in [5, 5.41) is 3.88. The molecule has 0 saturated heterocycles. The molecule has 1 aromatic carbocycles. The molecule has 1 aliphatic rings. The lowest BCUT2D eigenvalue weighted by Gasteiger charge is -2.29. The minimum absolute atomic E-state index is 0.0254. The topological polar surface area (TPSA) is 38.1 Å². The third kappa shape index (κ3) is 3.89. The number of nitrogens with zero attached hydrogens (tertiary/aromatic N) is 3. The average Bonchev–Trinajstić information content (AvgIpc) is 3.25. The number of alkyl halides is 2. The summed E-state index contributed by atoms with van der Waals surface area (Å²) in [5.74, 6) is -0.328. The summed E-state index contributed by atoms with van der Waals surface area (Å²) in [6.45, 7) is 0.533.